The second-order valence-corrected chi connectivity index (χ2v) is 5.67. The number of carbonyl (C=O) groups is 1. The zero-order valence-electron chi connectivity index (χ0n) is 10.3. The summed E-state index contributed by atoms with van der Waals surface area (Å²) in [6, 6.07) is 0.480. The van der Waals surface area contributed by atoms with Crippen molar-refractivity contribution in [3.8, 4) is 0 Å². The fraction of sp³-hybridized carbons (Fsp3) is 0.917. The van der Waals surface area contributed by atoms with Crippen LogP contribution in [0.2, 0.25) is 0 Å². The van der Waals surface area contributed by atoms with Crippen LogP contribution < -0.4 is 11.1 Å². The maximum atomic E-state index is 11.9. The van der Waals surface area contributed by atoms with Gasteiger partial charge >= 0.3 is 6.03 Å². The van der Waals surface area contributed by atoms with E-state index in [4.69, 9.17) is 5.73 Å². The van der Waals surface area contributed by atoms with Crippen molar-refractivity contribution in [2.24, 2.45) is 11.7 Å². The van der Waals surface area contributed by atoms with Gasteiger partial charge in [0.05, 0.1) is 5.54 Å². The van der Waals surface area contributed by atoms with Gasteiger partial charge in [0.1, 0.15) is 0 Å². The van der Waals surface area contributed by atoms with Gasteiger partial charge < -0.3 is 16.0 Å². The second kappa shape index (κ2) is 4.24. The van der Waals surface area contributed by atoms with Gasteiger partial charge in [-0.25, -0.2) is 4.79 Å². The van der Waals surface area contributed by atoms with E-state index in [1.54, 1.807) is 0 Å². The van der Waals surface area contributed by atoms with Gasteiger partial charge in [0.25, 0.3) is 0 Å². The maximum Gasteiger partial charge on any atom is 0.317 e. The summed E-state index contributed by atoms with van der Waals surface area (Å²) in [7, 11) is 0. The largest absolute Gasteiger partial charge is 0.335 e. The number of likely N-dealkylation sites (tertiary alicyclic amines) is 1. The molecule has 3 N–H and O–H groups in total. The molecule has 1 saturated carbocycles. The molecule has 1 heterocycles. The van der Waals surface area contributed by atoms with Gasteiger partial charge in [0.15, 0.2) is 0 Å². The fourth-order valence-corrected chi connectivity index (χ4v) is 2.51. The number of nitrogens with one attached hydrogen (secondary N) is 1. The Balaban J connectivity index is 1.76. The van der Waals surface area contributed by atoms with Crippen LogP contribution in [-0.2, 0) is 0 Å². The molecular formula is C12H23N3O. The van der Waals surface area contributed by atoms with E-state index in [0.717, 1.165) is 12.8 Å². The number of urea groups is 1. The molecule has 2 amide bonds. The standard InChI is InChI=1S/C12H23N3O/c1-9(2)12(13)7-15(8-12)11(16)14-10-5-3-4-6-10/h9-10H,3-8,13H2,1-2H3,(H,14,16). The second-order valence-electron chi connectivity index (χ2n) is 5.67. The quantitative estimate of drug-likeness (QED) is 0.744. The molecule has 92 valence electrons. The van der Waals surface area contributed by atoms with Crippen LogP contribution in [0.25, 0.3) is 0 Å². The first-order valence-corrected chi connectivity index (χ1v) is 6.35. The molecule has 2 aliphatic rings. The monoisotopic (exact) mass is 225 g/mol. The normalized spacial score (nSPS) is 24.6. The molecule has 16 heavy (non-hydrogen) atoms. The van der Waals surface area contributed by atoms with Crippen molar-refractivity contribution in [2.45, 2.75) is 51.1 Å². The van der Waals surface area contributed by atoms with E-state index in [2.05, 4.69) is 19.2 Å². The maximum absolute atomic E-state index is 11.9. The summed E-state index contributed by atoms with van der Waals surface area (Å²) >= 11 is 0. The van der Waals surface area contributed by atoms with Gasteiger partial charge in [-0.15, -0.1) is 0 Å². The molecule has 0 spiro atoms. The molecule has 1 saturated heterocycles. The average molecular weight is 225 g/mol. The summed E-state index contributed by atoms with van der Waals surface area (Å²) < 4.78 is 0. The highest BCUT2D eigenvalue weighted by molar-refractivity contribution is 5.76. The molecular weight excluding hydrogens is 202 g/mol. The summed E-state index contributed by atoms with van der Waals surface area (Å²) in [5.41, 5.74) is 6.00. The minimum Gasteiger partial charge on any atom is -0.335 e. The van der Waals surface area contributed by atoms with E-state index in [-0.39, 0.29) is 11.6 Å². The Labute approximate surface area is 97.6 Å². The van der Waals surface area contributed by atoms with E-state index < -0.39 is 0 Å². The molecule has 4 heteroatoms. The number of rotatable bonds is 2. The molecule has 2 fully saturated rings. The third kappa shape index (κ3) is 2.17. The molecule has 2 rings (SSSR count). The fourth-order valence-electron chi connectivity index (χ4n) is 2.51. The zero-order valence-corrected chi connectivity index (χ0v) is 10.3. The van der Waals surface area contributed by atoms with Gasteiger partial charge in [0, 0.05) is 19.1 Å². The van der Waals surface area contributed by atoms with E-state index in [1.807, 2.05) is 4.90 Å². The third-order valence-electron chi connectivity index (χ3n) is 4.09. The van der Waals surface area contributed by atoms with Gasteiger partial charge in [-0.05, 0) is 18.8 Å². The molecule has 0 aromatic heterocycles. The van der Waals surface area contributed by atoms with Crippen LogP contribution in [0.5, 0.6) is 0 Å². The van der Waals surface area contributed by atoms with Crippen LogP contribution in [0.3, 0.4) is 0 Å². The molecule has 0 bridgehead atoms. The molecule has 0 aromatic rings. The summed E-state index contributed by atoms with van der Waals surface area (Å²) in [5.74, 6) is 0.433. The van der Waals surface area contributed by atoms with Crippen molar-refractivity contribution in [1.82, 2.24) is 10.2 Å². The molecule has 0 unspecified atom stereocenters. The first kappa shape index (κ1) is 11.7. The van der Waals surface area contributed by atoms with Crippen molar-refractivity contribution in [2.75, 3.05) is 13.1 Å². The summed E-state index contributed by atoms with van der Waals surface area (Å²) in [6.45, 7) is 5.63. The number of amides is 2. The lowest BCUT2D eigenvalue weighted by Crippen LogP contribution is -2.72. The molecule has 1 aliphatic carbocycles. The lowest BCUT2D eigenvalue weighted by atomic mass is 9.80. The lowest BCUT2D eigenvalue weighted by molar-refractivity contribution is 0.0642. The van der Waals surface area contributed by atoms with Crippen molar-refractivity contribution in [1.29, 1.82) is 0 Å². The predicted octanol–water partition coefficient (Wildman–Crippen LogP) is 1.31. The summed E-state index contributed by atoms with van der Waals surface area (Å²) in [4.78, 5) is 13.7. The Hall–Kier alpha value is -0.770. The van der Waals surface area contributed by atoms with Crippen molar-refractivity contribution in [3.05, 3.63) is 0 Å². The SMILES string of the molecule is CC(C)C1(N)CN(C(=O)NC2CCCC2)C1. The summed E-state index contributed by atoms with van der Waals surface area (Å²) in [5, 5.41) is 3.09. The Bertz CT molecular complexity index is 265. The minimum atomic E-state index is -0.160. The Kier molecular flexibility index (Phi) is 3.10. The summed E-state index contributed by atoms with van der Waals surface area (Å²) in [6.07, 6.45) is 4.77. The van der Waals surface area contributed by atoms with Crippen LogP contribution in [0.1, 0.15) is 39.5 Å². The van der Waals surface area contributed by atoms with Crippen LogP contribution in [-0.4, -0.2) is 35.6 Å². The van der Waals surface area contributed by atoms with E-state index in [0.29, 0.717) is 25.0 Å². The Morgan fingerprint density at radius 2 is 1.94 bits per heavy atom. The van der Waals surface area contributed by atoms with Crippen molar-refractivity contribution >= 4 is 6.03 Å². The van der Waals surface area contributed by atoms with Crippen LogP contribution in [0.15, 0.2) is 0 Å². The van der Waals surface area contributed by atoms with Gasteiger partial charge in [-0.1, -0.05) is 26.7 Å². The number of nitrogens with zero attached hydrogens (tertiary/aromatic N) is 1. The highest BCUT2D eigenvalue weighted by atomic mass is 16.2. The molecule has 4 nitrogen and oxygen atoms in total. The van der Waals surface area contributed by atoms with Crippen LogP contribution >= 0.6 is 0 Å². The van der Waals surface area contributed by atoms with Gasteiger partial charge in [0.2, 0.25) is 0 Å². The molecule has 0 aromatic carbocycles. The first-order valence-electron chi connectivity index (χ1n) is 6.35. The van der Waals surface area contributed by atoms with Crippen LogP contribution in [0, 0.1) is 5.92 Å². The van der Waals surface area contributed by atoms with E-state index in [1.165, 1.54) is 12.8 Å². The third-order valence-corrected chi connectivity index (χ3v) is 4.09. The predicted molar refractivity (Wildman–Crippen MR) is 64.1 cm³/mol. The van der Waals surface area contributed by atoms with E-state index in [9.17, 15) is 4.79 Å². The van der Waals surface area contributed by atoms with Gasteiger partial charge in [-0.2, -0.15) is 0 Å². The first-order chi connectivity index (χ1) is 7.51. The minimum absolute atomic E-state index is 0.0774. The topological polar surface area (TPSA) is 58.4 Å². The molecule has 1 aliphatic heterocycles. The highest BCUT2D eigenvalue weighted by Gasteiger charge is 2.44. The highest BCUT2D eigenvalue weighted by Crippen LogP contribution is 2.26. The smallest absolute Gasteiger partial charge is 0.317 e. The lowest BCUT2D eigenvalue weighted by Gasteiger charge is -2.50. The molecule has 0 atom stereocenters. The van der Waals surface area contributed by atoms with E-state index >= 15 is 0 Å². The number of nitrogens with two attached hydrogens (primary N) is 1. The zero-order chi connectivity index (χ0) is 11.8. The van der Waals surface area contributed by atoms with Crippen molar-refractivity contribution in [3.63, 3.8) is 0 Å². The van der Waals surface area contributed by atoms with Crippen LogP contribution in [0.4, 0.5) is 4.79 Å². The van der Waals surface area contributed by atoms with Gasteiger partial charge in [-0.3, -0.25) is 0 Å². The number of carbonyl (C=O) groups excluding carboxylic acids is 1. The Morgan fingerprint density at radius 3 is 2.44 bits per heavy atom. The van der Waals surface area contributed by atoms with Crippen molar-refractivity contribution < 1.29 is 4.79 Å². The average Bonchev–Trinajstić information content (AvgIpc) is 2.64. The number of hydrogen-bond donors (Lipinski definition) is 2. The molecule has 0 radical (unpaired) electrons. The Morgan fingerprint density at radius 1 is 1.38 bits per heavy atom. The number of hydrogen-bond acceptors (Lipinski definition) is 2.